The van der Waals surface area contributed by atoms with E-state index in [2.05, 4.69) is 5.32 Å². The van der Waals surface area contributed by atoms with Crippen molar-refractivity contribution in [1.82, 2.24) is 0 Å². The number of benzene rings is 1. The first-order chi connectivity index (χ1) is 7.99. The van der Waals surface area contributed by atoms with Gasteiger partial charge in [0.05, 0.1) is 5.56 Å². The highest BCUT2D eigenvalue weighted by atomic mass is 19.4. The van der Waals surface area contributed by atoms with Crippen LogP contribution in [0.4, 0.5) is 18.9 Å². The van der Waals surface area contributed by atoms with Crippen LogP contribution in [0, 0.1) is 5.92 Å². The number of alkyl halides is 3. The quantitative estimate of drug-likeness (QED) is 0.837. The van der Waals surface area contributed by atoms with Crippen molar-refractivity contribution in [3.63, 3.8) is 0 Å². The largest absolute Gasteiger partial charge is 0.418 e. The highest BCUT2D eigenvalue weighted by Gasteiger charge is 2.33. The molecule has 0 aliphatic rings. The van der Waals surface area contributed by atoms with Crippen molar-refractivity contribution in [2.75, 3.05) is 18.4 Å². The molecule has 1 aromatic carbocycles. The molecular formula is C12H17F3N2. The maximum atomic E-state index is 12.7. The zero-order valence-electron chi connectivity index (χ0n) is 9.72. The topological polar surface area (TPSA) is 38.0 Å². The molecule has 3 N–H and O–H groups in total. The fraction of sp³-hybridized carbons (Fsp3) is 0.500. The van der Waals surface area contributed by atoms with Crippen molar-refractivity contribution < 1.29 is 13.2 Å². The monoisotopic (exact) mass is 246 g/mol. The lowest BCUT2D eigenvalue weighted by atomic mass is 10.1. The first-order valence-corrected chi connectivity index (χ1v) is 5.59. The van der Waals surface area contributed by atoms with Crippen LogP contribution in [0.25, 0.3) is 0 Å². The summed E-state index contributed by atoms with van der Waals surface area (Å²) in [6, 6.07) is 5.48. The summed E-state index contributed by atoms with van der Waals surface area (Å²) < 4.78 is 38.0. The minimum Gasteiger partial charge on any atom is -0.384 e. The number of nitrogens with one attached hydrogen (secondary N) is 1. The Labute approximate surface area is 99.0 Å². The zero-order valence-corrected chi connectivity index (χ0v) is 9.72. The number of halogens is 3. The summed E-state index contributed by atoms with van der Waals surface area (Å²) in [4.78, 5) is 0. The number of hydrogen-bond donors (Lipinski definition) is 2. The van der Waals surface area contributed by atoms with E-state index in [1.165, 1.54) is 12.1 Å². The lowest BCUT2D eigenvalue weighted by Crippen LogP contribution is -2.23. The predicted octanol–water partition coefficient (Wildman–Crippen LogP) is 3.10. The van der Waals surface area contributed by atoms with E-state index in [1.54, 1.807) is 6.07 Å². The molecule has 1 aromatic rings. The molecule has 5 heteroatoms. The van der Waals surface area contributed by atoms with E-state index in [-0.39, 0.29) is 11.6 Å². The molecule has 1 atom stereocenters. The Kier molecular flexibility index (Phi) is 4.81. The van der Waals surface area contributed by atoms with Gasteiger partial charge in [0.15, 0.2) is 0 Å². The molecule has 0 aliphatic heterocycles. The zero-order chi connectivity index (χ0) is 12.9. The Morgan fingerprint density at radius 3 is 2.47 bits per heavy atom. The second-order valence-corrected chi connectivity index (χ2v) is 3.93. The van der Waals surface area contributed by atoms with Gasteiger partial charge in [0.25, 0.3) is 0 Å². The Bertz CT molecular complexity index is 346. The van der Waals surface area contributed by atoms with Crippen LogP contribution in [0.3, 0.4) is 0 Å². The van der Waals surface area contributed by atoms with Crippen LogP contribution < -0.4 is 11.1 Å². The van der Waals surface area contributed by atoms with E-state index in [1.807, 2.05) is 6.92 Å². The first-order valence-electron chi connectivity index (χ1n) is 5.59. The molecule has 2 nitrogen and oxygen atoms in total. The van der Waals surface area contributed by atoms with Crippen LogP contribution in [-0.2, 0) is 6.18 Å². The van der Waals surface area contributed by atoms with Crippen LogP contribution >= 0.6 is 0 Å². The number of hydrogen-bond acceptors (Lipinski definition) is 2. The maximum Gasteiger partial charge on any atom is 0.418 e. The van der Waals surface area contributed by atoms with Crippen molar-refractivity contribution in [3.05, 3.63) is 29.8 Å². The standard InChI is InChI=1S/C12H17F3N2/c1-2-9(7-16)8-17-11-6-4-3-5-10(11)12(13,14)15/h3-6,9,17H,2,7-8,16H2,1H3. The molecule has 0 radical (unpaired) electrons. The van der Waals surface area contributed by atoms with Crippen LogP contribution in [-0.4, -0.2) is 13.1 Å². The average molecular weight is 246 g/mol. The third-order valence-electron chi connectivity index (χ3n) is 2.72. The summed E-state index contributed by atoms with van der Waals surface area (Å²) in [5, 5.41) is 2.82. The van der Waals surface area contributed by atoms with Gasteiger partial charge in [0.2, 0.25) is 0 Å². The second kappa shape index (κ2) is 5.91. The number of para-hydroxylation sites is 1. The molecule has 0 amide bonds. The fourth-order valence-electron chi connectivity index (χ4n) is 1.53. The van der Waals surface area contributed by atoms with Gasteiger partial charge in [-0.25, -0.2) is 0 Å². The normalized spacial score (nSPS) is 13.5. The van der Waals surface area contributed by atoms with Gasteiger partial charge in [-0.05, 0) is 24.6 Å². The molecule has 96 valence electrons. The summed E-state index contributed by atoms with van der Waals surface area (Å²) >= 11 is 0. The second-order valence-electron chi connectivity index (χ2n) is 3.93. The third-order valence-corrected chi connectivity index (χ3v) is 2.72. The third kappa shape index (κ3) is 3.93. The number of rotatable bonds is 5. The van der Waals surface area contributed by atoms with E-state index in [9.17, 15) is 13.2 Å². The van der Waals surface area contributed by atoms with Gasteiger partial charge < -0.3 is 11.1 Å². The number of anilines is 1. The van der Waals surface area contributed by atoms with Crippen LogP contribution in [0.15, 0.2) is 24.3 Å². The van der Waals surface area contributed by atoms with Gasteiger partial charge in [-0.3, -0.25) is 0 Å². The summed E-state index contributed by atoms with van der Waals surface area (Å²) in [7, 11) is 0. The Morgan fingerprint density at radius 1 is 1.29 bits per heavy atom. The van der Waals surface area contributed by atoms with E-state index < -0.39 is 11.7 Å². The molecule has 0 saturated heterocycles. The minimum atomic E-state index is -4.33. The molecule has 1 rings (SSSR count). The minimum absolute atomic E-state index is 0.118. The van der Waals surface area contributed by atoms with Gasteiger partial charge >= 0.3 is 6.18 Å². The summed E-state index contributed by atoms with van der Waals surface area (Å²) in [5.74, 6) is 0.191. The number of nitrogens with two attached hydrogens (primary N) is 1. The smallest absolute Gasteiger partial charge is 0.384 e. The SMILES string of the molecule is CCC(CN)CNc1ccccc1C(F)(F)F. The fourth-order valence-corrected chi connectivity index (χ4v) is 1.53. The molecule has 1 unspecified atom stereocenters. The van der Waals surface area contributed by atoms with Crippen molar-refractivity contribution >= 4 is 5.69 Å². The van der Waals surface area contributed by atoms with Gasteiger partial charge in [0, 0.05) is 12.2 Å². The molecule has 0 aliphatic carbocycles. The Morgan fingerprint density at radius 2 is 1.94 bits per heavy atom. The van der Waals surface area contributed by atoms with E-state index >= 15 is 0 Å². The van der Waals surface area contributed by atoms with Crippen molar-refractivity contribution in [2.24, 2.45) is 11.7 Å². The van der Waals surface area contributed by atoms with Crippen molar-refractivity contribution in [1.29, 1.82) is 0 Å². The highest BCUT2D eigenvalue weighted by Crippen LogP contribution is 2.34. The van der Waals surface area contributed by atoms with E-state index in [0.717, 1.165) is 12.5 Å². The van der Waals surface area contributed by atoms with Crippen LogP contribution in [0.5, 0.6) is 0 Å². The lowest BCUT2D eigenvalue weighted by molar-refractivity contribution is -0.136. The van der Waals surface area contributed by atoms with E-state index in [4.69, 9.17) is 5.73 Å². The molecule has 0 bridgehead atoms. The molecule has 0 spiro atoms. The molecular weight excluding hydrogens is 229 g/mol. The molecule has 17 heavy (non-hydrogen) atoms. The lowest BCUT2D eigenvalue weighted by Gasteiger charge is -2.17. The van der Waals surface area contributed by atoms with Gasteiger partial charge in [-0.2, -0.15) is 13.2 Å². The molecule has 0 heterocycles. The Hall–Kier alpha value is -1.23. The molecule has 0 fully saturated rings. The van der Waals surface area contributed by atoms with Gasteiger partial charge in [-0.1, -0.05) is 25.5 Å². The van der Waals surface area contributed by atoms with Crippen LogP contribution in [0.2, 0.25) is 0 Å². The summed E-state index contributed by atoms with van der Waals surface area (Å²) in [6.45, 7) is 2.90. The van der Waals surface area contributed by atoms with Crippen molar-refractivity contribution in [2.45, 2.75) is 19.5 Å². The van der Waals surface area contributed by atoms with Crippen LogP contribution in [0.1, 0.15) is 18.9 Å². The molecule has 0 aromatic heterocycles. The first kappa shape index (κ1) is 13.8. The Balaban J connectivity index is 2.77. The average Bonchev–Trinajstić information content (AvgIpc) is 2.29. The van der Waals surface area contributed by atoms with Gasteiger partial charge in [-0.15, -0.1) is 0 Å². The predicted molar refractivity (Wildman–Crippen MR) is 62.8 cm³/mol. The maximum absolute atomic E-state index is 12.7. The highest BCUT2D eigenvalue weighted by molar-refractivity contribution is 5.52. The van der Waals surface area contributed by atoms with Crippen molar-refractivity contribution in [3.8, 4) is 0 Å². The summed E-state index contributed by atoms with van der Waals surface area (Å²) in [5.41, 5.74) is 4.99. The van der Waals surface area contributed by atoms with Gasteiger partial charge in [0.1, 0.15) is 0 Å². The molecule has 0 saturated carbocycles. The van der Waals surface area contributed by atoms with E-state index in [0.29, 0.717) is 13.1 Å². The summed E-state index contributed by atoms with van der Waals surface area (Å²) in [6.07, 6.45) is -3.48.